The molecule has 0 radical (unpaired) electrons. The van der Waals surface area contributed by atoms with Crippen molar-refractivity contribution in [2.45, 2.75) is 6.92 Å². The summed E-state index contributed by atoms with van der Waals surface area (Å²) in [6.45, 7) is 2.27. The minimum Gasteiger partial charge on any atom is -0.306 e. The first-order chi connectivity index (χ1) is 8.63. The Morgan fingerprint density at radius 1 is 1.44 bits per heavy atom. The van der Waals surface area contributed by atoms with Crippen molar-refractivity contribution in [2.75, 3.05) is 11.4 Å². The lowest BCUT2D eigenvalue weighted by atomic mass is 10.2. The van der Waals surface area contributed by atoms with Crippen molar-refractivity contribution >= 4 is 45.5 Å². The van der Waals surface area contributed by atoms with Gasteiger partial charge in [-0.15, -0.1) is 11.3 Å². The van der Waals surface area contributed by atoms with Crippen molar-refractivity contribution in [3.05, 3.63) is 50.0 Å². The Hall–Kier alpha value is -0.950. The van der Waals surface area contributed by atoms with Crippen LogP contribution in [0.25, 0.3) is 0 Å². The number of carbonyl (C=O) groups excluding carboxylic acids is 1. The van der Waals surface area contributed by atoms with Gasteiger partial charge in [-0.25, -0.2) is 4.39 Å². The molecule has 0 fully saturated rings. The zero-order chi connectivity index (χ0) is 13.1. The molecule has 0 aliphatic carbocycles. The second kappa shape index (κ2) is 5.79. The summed E-state index contributed by atoms with van der Waals surface area (Å²) < 4.78 is 14.8. The first kappa shape index (κ1) is 13.5. The van der Waals surface area contributed by atoms with Gasteiger partial charge in [0.1, 0.15) is 5.82 Å². The fourth-order valence-electron chi connectivity index (χ4n) is 1.67. The SMILES string of the molecule is CCN(C(=O)c1csc(I)c1)c1ccccc1F. The Kier molecular flexibility index (Phi) is 4.34. The highest BCUT2D eigenvalue weighted by Crippen LogP contribution is 2.23. The predicted molar refractivity (Wildman–Crippen MR) is 80.8 cm³/mol. The van der Waals surface area contributed by atoms with E-state index in [9.17, 15) is 9.18 Å². The number of benzene rings is 1. The van der Waals surface area contributed by atoms with Crippen molar-refractivity contribution in [3.63, 3.8) is 0 Å². The van der Waals surface area contributed by atoms with Crippen molar-refractivity contribution in [2.24, 2.45) is 0 Å². The Morgan fingerprint density at radius 3 is 2.72 bits per heavy atom. The van der Waals surface area contributed by atoms with E-state index in [0.717, 1.165) is 2.88 Å². The number of nitrogens with zero attached hydrogens (tertiary/aromatic N) is 1. The van der Waals surface area contributed by atoms with Gasteiger partial charge in [0, 0.05) is 11.9 Å². The van der Waals surface area contributed by atoms with Crippen LogP contribution in [0.15, 0.2) is 35.7 Å². The lowest BCUT2D eigenvalue weighted by Gasteiger charge is -2.20. The molecule has 0 saturated heterocycles. The zero-order valence-electron chi connectivity index (χ0n) is 9.69. The first-order valence-electron chi connectivity index (χ1n) is 5.44. The number of hydrogen-bond donors (Lipinski definition) is 0. The van der Waals surface area contributed by atoms with Crippen LogP contribution in [0.3, 0.4) is 0 Å². The number of para-hydroxylation sites is 1. The molecule has 94 valence electrons. The maximum atomic E-state index is 13.7. The third-order valence-electron chi connectivity index (χ3n) is 2.52. The molecule has 2 aromatic rings. The van der Waals surface area contributed by atoms with E-state index in [1.54, 1.807) is 23.6 Å². The molecule has 1 aromatic carbocycles. The van der Waals surface area contributed by atoms with Gasteiger partial charge in [-0.3, -0.25) is 4.79 Å². The van der Waals surface area contributed by atoms with Crippen LogP contribution in [0.2, 0.25) is 0 Å². The second-order valence-corrected chi connectivity index (χ2v) is 6.45. The average molecular weight is 375 g/mol. The molecule has 18 heavy (non-hydrogen) atoms. The number of thiophene rings is 1. The van der Waals surface area contributed by atoms with Crippen LogP contribution in [0.5, 0.6) is 0 Å². The van der Waals surface area contributed by atoms with E-state index in [1.807, 2.05) is 13.0 Å². The van der Waals surface area contributed by atoms with Gasteiger partial charge >= 0.3 is 0 Å². The van der Waals surface area contributed by atoms with Gasteiger partial charge in [-0.05, 0) is 47.7 Å². The Balaban J connectivity index is 2.35. The fourth-order valence-corrected chi connectivity index (χ4v) is 2.99. The number of anilines is 1. The van der Waals surface area contributed by atoms with Crippen molar-refractivity contribution in [1.82, 2.24) is 0 Å². The number of hydrogen-bond acceptors (Lipinski definition) is 2. The van der Waals surface area contributed by atoms with Crippen LogP contribution in [0.1, 0.15) is 17.3 Å². The number of amides is 1. The fraction of sp³-hybridized carbons (Fsp3) is 0.154. The maximum Gasteiger partial charge on any atom is 0.259 e. The molecule has 0 aliphatic heterocycles. The number of halogens is 2. The molecule has 2 rings (SSSR count). The molecule has 1 amide bonds. The van der Waals surface area contributed by atoms with Crippen molar-refractivity contribution in [1.29, 1.82) is 0 Å². The summed E-state index contributed by atoms with van der Waals surface area (Å²) in [6, 6.07) is 8.14. The molecule has 0 saturated carbocycles. The summed E-state index contributed by atoms with van der Waals surface area (Å²) in [7, 11) is 0. The van der Waals surface area contributed by atoms with E-state index in [4.69, 9.17) is 0 Å². The van der Waals surface area contributed by atoms with Gasteiger partial charge in [0.05, 0.1) is 14.1 Å². The van der Waals surface area contributed by atoms with Gasteiger partial charge in [-0.2, -0.15) is 0 Å². The summed E-state index contributed by atoms with van der Waals surface area (Å²) in [6.07, 6.45) is 0. The number of rotatable bonds is 3. The Bertz CT molecular complexity index is 570. The highest BCUT2D eigenvalue weighted by atomic mass is 127. The Labute approximate surface area is 123 Å². The molecule has 5 heteroatoms. The van der Waals surface area contributed by atoms with Crippen LogP contribution in [-0.2, 0) is 0 Å². The van der Waals surface area contributed by atoms with Crippen molar-refractivity contribution < 1.29 is 9.18 Å². The predicted octanol–water partition coefficient (Wildman–Crippen LogP) is 4.16. The second-order valence-electron chi connectivity index (χ2n) is 3.64. The standard InChI is InChI=1S/C13H11FINOS/c1-2-16(11-6-4-3-5-10(11)14)13(17)9-7-12(15)18-8-9/h3-8H,2H2,1H3. The maximum absolute atomic E-state index is 13.7. The summed E-state index contributed by atoms with van der Waals surface area (Å²) >= 11 is 3.67. The third kappa shape index (κ3) is 2.72. The molecule has 0 N–H and O–H groups in total. The van der Waals surface area contributed by atoms with Crippen LogP contribution >= 0.6 is 33.9 Å². The highest BCUT2D eigenvalue weighted by molar-refractivity contribution is 14.1. The van der Waals surface area contributed by atoms with Crippen LogP contribution in [-0.4, -0.2) is 12.5 Å². The van der Waals surface area contributed by atoms with Crippen LogP contribution in [0.4, 0.5) is 10.1 Å². The van der Waals surface area contributed by atoms with E-state index < -0.39 is 0 Å². The molecule has 0 aliphatic rings. The van der Waals surface area contributed by atoms with Gasteiger partial charge < -0.3 is 4.90 Å². The summed E-state index contributed by atoms with van der Waals surface area (Å²) in [5, 5.41) is 1.80. The lowest BCUT2D eigenvalue weighted by molar-refractivity contribution is 0.0988. The zero-order valence-corrected chi connectivity index (χ0v) is 12.7. The molecule has 1 aromatic heterocycles. The normalized spacial score (nSPS) is 10.4. The van der Waals surface area contributed by atoms with Gasteiger partial charge in [0.25, 0.3) is 5.91 Å². The molecule has 1 heterocycles. The van der Waals surface area contributed by atoms with E-state index in [-0.39, 0.29) is 11.7 Å². The third-order valence-corrected chi connectivity index (χ3v) is 4.31. The van der Waals surface area contributed by atoms with Crippen molar-refractivity contribution in [3.8, 4) is 0 Å². The summed E-state index contributed by atoms with van der Waals surface area (Å²) in [5.74, 6) is -0.542. The smallest absolute Gasteiger partial charge is 0.259 e. The minimum atomic E-state index is -0.377. The average Bonchev–Trinajstić information content (AvgIpc) is 2.79. The van der Waals surface area contributed by atoms with Gasteiger partial charge in [0.2, 0.25) is 0 Å². The monoisotopic (exact) mass is 375 g/mol. The van der Waals surface area contributed by atoms with E-state index >= 15 is 0 Å². The molecular formula is C13H11FINOS. The van der Waals surface area contributed by atoms with E-state index in [1.165, 1.54) is 22.3 Å². The topological polar surface area (TPSA) is 20.3 Å². The van der Waals surface area contributed by atoms with Gasteiger partial charge in [-0.1, -0.05) is 12.1 Å². The molecular weight excluding hydrogens is 364 g/mol. The molecule has 0 unspecified atom stereocenters. The quantitative estimate of drug-likeness (QED) is 0.738. The van der Waals surface area contributed by atoms with Crippen LogP contribution in [0, 0.1) is 8.70 Å². The summed E-state index contributed by atoms with van der Waals surface area (Å²) in [5.41, 5.74) is 0.931. The molecule has 0 spiro atoms. The highest BCUT2D eigenvalue weighted by Gasteiger charge is 2.19. The Morgan fingerprint density at radius 2 is 2.17 bits per heavy atom. The number of carbonyl (C=O) groups is 1. The molecule has 0 atom stereocenters. The summed E-state index contributed by atoms with van der Waals surface area (Å²) in [4.78, 5) is 13.8. The van der Waals surface area contributed by atoms with Crippen LogP contribution < -0.4 is 4.90 Å². The lowest BCUT2D eigenvalue weighted by Crippen LogP contribution is -2.31. The van der Waals surface area contributed by atoms with E-state index in [0.29, 0.717) is 17.8 Å². The van der Waals surface area contributed by atoms with E-state index in [2.05, 4.69) is 22.6 Å². The van der Waals surface area contributed by atoms with Gasteiger partial charge in [0.15, 0.2) is 0 Å². The molecule has 2 nitrogen and oxygen atoms in total. The largest absolute Gasteiger partial charge is 0.306 e. The first-order valence-corrected chi connectivity index (χ1v) is 7.39. The minimum absolute atomic E-state index is 0.165. The molecule has 0 bridgehead atoms.